The summed E-state index contributed by atoms with van der Waals surface area (Å²) in [5, 5.41) is 29.2. The summed E-state index contributed by atoms with van der Waals surface area (Å²) in [5.41, 5.74) is 0. The fourth-order valence-corrected chi connectivity index (χ4v) is 5.05. The van der Waals surface area contributed by atoms with Crippen LogP contribution in [0.4, 0.5) is 0 Å². The van der Waals surface area contributed by atoms with Crippen molar-refractivity contribution in [3.05, 3.63) is 0 Å². The number of aliphatic hydroxyl groups is 2. The molecule has 8 nitrogen and oxygen atoms in total. The Bertz CT molecular complexity index is 512. The number of rotatable bonds is 15. The molecule has 0 saturated carbocycles. The SMILES string of the molecule is CCCC1CN1C(C(OCC(O)CO)C(=O)O)(N1CC1CCC)N1CC1CCC. The lowest BCUT2D eigenvalue weighted by molar-refractivity contribution is -0.191. The fraction of sp³-hybridized carbons (Fsp3) is 0.952. The molecule has 3 heterocycles. The van der Waals surface area contributed by atoms with Crippen molar-refractivity contribution in [2.45, 2.75) is 95.4 Å². The van der Waals surface area contributed by atoms with Crippen LogP contribution in [0, 0.1) is 0 Å². The zero-order chi connectivity index (χ0) is 21.2. The molecule has 0 aromatic rings. The fourth-order valence-electron chi connectivity index (χ4n) is 5.05. The molecule has 0 aromatic heterocycles. The van der Waals surface area contributed by atoms with Gasteiger partial charge in [0.1, 0.15) is 6.10 Å². The molecule has 0 amide bonds. The largest absolute Gasteiger partial charge is 0.479 e. The molecule has 8 unspecified atom stereocenters. The van der Waals surface area contributed by atoms with E-state index in [1.54, 1.807) is 0 Å². The number of hydrogen-bond donors (Lipinski definition) is 3. The summed E-state index contributed by atoms with van der Waals surface area (Å²) in [7, 11) is 0. The summed E-state index contributed by atoms with van der Waals surface area (Å²) in [6.07, 6.45) is 4.18. The summed E-state index contributed by atoms with van der Waals surface area (Å²) in [4.78, 5) is 19.5. The van der Waals surface area contributed by atoms with Crippen molar-refractivity contribution in [2.24, 2.45) is 0 Å². The van der Waals surface area contributed by atoms with E-state index >= 15 is 0 Å². The third-order valence-corrected chi connectivity index (χ3v) is 6.52. The predicted molar refractivity (Wildman–Crippen MR) is 109 cm³/mol. The topological polar surface area (TPSA) is 96.0 Å². The molecule has 3 aliphatic heterocycles. The van der Waals surface area contributed by atoms with Gasteiger partial charge in [-0.15, -0.1) is 0 Å². The van der Waals surface area contributed by atoms with Gasteiger partial charge in [-0.2, -0.15) is 0 Å². The maximum atomic E-state index is 12.5. The van der Waals surface area contributed by atoms with Crippen molar-refractivity contribution in [1.29, 1.82) is 0 Å². The highest BCUT2D eigenvalue weighted by atomic mass is 16.5. The van der Waals surface area contributed by atoms with Crippen molar-refractivity contribution in [2.75, 3.05) is 32.8 Å². The Morgan fingerprint density at radius 2 is 1.38 bits per heavy atom. The van der Waals surface area contributed by atoms with Crippen LogP contribution in [0.2, 0.25) is 0 Å². The molecule has 0 aromatic carbocycles. The normalized spacial score (nSPS) is 36.9. The minimum absolute atomic E-state index is 0.180. The average molecular weight is 414 g/mol. The first-order valence-corrected chi connectivity index (χ1v) is 11.4. The maximum absolute atomic E-state index is 12.5. The minimum Gasteiger partial charge on any atom is -0.479 e. The standard InChI is InChI=1S/C21H39N3O5/c1-4-7-15-10-22(15)21(23-11-16(23)8-5-2,24-12-17(24)9-6-3)19(20(27)28)29-14-18(26)13-25/h15-19,25-26H,4-14H2,1-3H3,(H,27,28). The summed E-state index contributed by atoms with van der Waals surface area (Å²) >= 11 is 0. The zero-order valence-electron chi connectivity index (χ0n) is 18.2. The van der Waals surface area contributed by atoms with Gasteiger partial charge in [-0.1, -0.05) is 40.0 Å². The Labute approximate surface area is 174 Å². The maximum Gasteiger partial charge on any atom is 0.337 e. The van der Waals surface area contributed by atoms with Crippen molar-refractivity contribution < 1.29 is 24.9 Å². The molecule has 3 N–H and O–H groups in total. The summed E-state index contributed by atoms with van der Waals surface area (Å²) in [6.45, 7) is 8.52. The monoisotopic (exact) mass is 413 g/mol. The van der Waals surface area contributed by atoms with E-state index in [1.165, 1.54) is 0 Å². The highest BCUT2D eigenvalue weighted by Crippen LogP contribution is 2.51. The zero-order valence-corrected chi connectivity index (χ0v) is 18.2. The molecule has 3 fully saturated rings. The number of carboxylic acid groups (broad SMARTS) is 1. The molecule has 0 aliphatic carbocycles. The quantitative estimate of drug-likeness (QED) is 0.341. The van der Waals surface area contributed by atoms with Gasteiger partial charge in [-0.3, -0.25) is 14.7 Å². The second kappa shape index (κ2) is 9.58. The van der Waals surface area contributed by atoms with Crippen LogP contribution in [0.1, 0.15) is 59.3 Å². The minimum atomic E-state index is -1.09. The van der Waals surface area contributed by atoms with Crippen LogP contribution in [0.25, 0.3) is 0 Å². The van der Waals surface area contributed by atoms with Gasteiger partial charge < -0.3 is 20.1 Å². The second-order valence-electron chi connectivity index (χ2n) is 8.86. The van der Waals surface area contributed by atoms with E-state index in [4.69, 9.17) is 4.74 Å². The smallest absolute Gasteiger partial charge is 0.337 e. The molecule has 8 atom stereocenters. The van der Waals surface area contributed by atoms with Gasteiger partial charge in [0.2, 0.25) is 6.10 Å². The van der Waals surface area contributed by atoms with Crippen LogP contribution >= 0.6 is 0 Å². The van der Waals surface area contributed by atoms with Crippen molar-refractivity contribution in [1.82, 2.24) is 14.7 Å². The highest BCUT2D eigenvalue weighted by Gasteiger charge is 2.71. The van der Waals surface area contributed by atoms with Crippen molar-refractivity contribution in [3.63, 3.8) is 0 Å². The Morgan fingerprint density at radius 3 is 1.69 bits per heavy atom. The molecule has 8 heteroatoms. The summed E-state index contributed by atoms with van der Waals surface area (Å²) in [5.74, 6) is -1.79. The molecule has 3 saturated heterocycles. The van der Waals surface area contributed by atoms with Crippen LogP contribution in [-0.2, 0) is 9.53 Å². The number of aliphatic hydroxyl groups excluding tert-OH is 2. The van der Waals surface area contributed by atoms with Gasteiger partial charge in [0.05, 0.1) is 13.2 Å². The van der Waals surface area contributed by atoms with Gasteiger partial charge in [0, 0.05) is 37.8 Å². The number of carboxylic acids is 1. The average Bonchev–Trinajstić information content (AvgIpc) is 3.54. The Hall–Kier alpha value is -0.770. The Kier molecular flexibility index (Phi) is 7.56. The number of ether oxygens (including phenoxy) is 1. The molecule has 0 radical (unpaired) electrons. The first-order chi connectivity index (χ1) is 13.9. The van der Waals surface area contributed by atoms with Gasteiger partial charge in [-0.25, -0.2) is 4.79 Å². The van der Waals surface area contributed by atoms with E-state index in [0.717, 1.165) is 58.2 Å². The van der Waals surface area contributed by atoms with Crippen LogP contribution in [0.15, 0.2) is 0 Å². The first kappa shape index (κ1) is 22.9. The lowest BCUT2D eigenvalue weighted by Gasteiger charge is -2.44. The van der Waals surface area contributed by atoms with Crippen molar-refractivity contribution in [3.8, 4) is 0 Å². The molecular formula is C21H39N3O5. The molecule has 29 heavy (non-hydrogen) atoms. The molecule has 3 aliphatic rings. The lowest BCUT2D eigenvalue weighted by atomic mass is 10.1. The van der Waals surface area contributed by atoms with E-state index in [9.17, 15) is 20.1 Å². The van der Waals surface area contributed by atoms with Crippen LogP contribution < -0.4 is 0 Å². The number of aliphatic carboxylic acids is 1. The van der Waals surface area contributed by atoms with Gasteiger partial charge in [0.25, 0.3) is 0 Å². The number of hydrogen-bond acceptors (Lipinski definition) is 7. The second-order valence-corrected chi connectivity index (χ2v) is 8.86. The Balaban J connectivity index is 1.92. The van der Waals surface area contributed by atoms with E-state index < -0.39 is 30.6 Å². The lowest BCUT2D eigenvalue weighted by Crippen LogP contribution is -2.66. The van der Waals surface area contributed by atoms with Crippen LogP contribution in [0.3, 0.4) is 0 Å². The number of carbonyl (C=O) groups is 1. The molecule has 3 rings (SSSR count). The van der Waals surface area contributed by atoms with E-state index in [1.807, 2.05) is 0 Å². The number of nitrogens with zero attached hydrogens (tertiary/aromatic N) is 3. The Morgan fingerprint density at radius 1 is 0.966 bits per heavy atom. The third-order valence-electron chi connectivity index (χ3n) is 6.52. The van der Waals surface area contributed by atoms with Gasteiger partial charge in [-0.05, 0) is 19.3 Å². The highest BCUT2D eigenvalue weighted by molar-refractivity contribution is 5.74. The summed E-state index contributed by atoms with van der Waals surface area (Å²) < 4.78 is 5.87. The van der Waals surface area contributed by atoms with E-state index in [0.29, 0.717) is 18.1 Å². The van der Waals surface area contributed by atoms with E-state index in [2.05, 4.69) is 35.5 Å². The molecule has 168 valence electrons. The van der Waals surface area contributed by atoms with Gasteiger partial charge >= 0.3 is 5.97 Å². The van der Waals surface area contributed by atoms with Gasteiger partial charge in [0.15, 0.2) is 5.79 Å². The van der Waals surface area contributed by atoms with Crippen LogP contribution in [-0.4, -0.2) is 105 Å². The molecular weight excluding hydrogens is 374 g/mol. The predicted octanol–water partition coefficient (Wildman–Crippen LogP) is 0.916. The third kappa shape index (κ3) is 4.62. The van der Waals surface area contributed by atoms with Crippen LogP contribution in [0.5, 0.6) is 0 Å². The molecule has 0 spiro atoms. The molecule has 0 bridgehead atoms. The first-order valence-electron chi connectivity index (χ1n) is 11.4. The van der Waals surface area contributed by atoms with E-state index in [-0.39, 0.29) is 6.61 Å². The summed E-state index contributed by atoms with van der Waals surface area (Å²) in [6, 6.07) is 1.12. The van der Waals surface area contributed by atoms with Crippen molar-refractivity contribution >= 4 is 5.97 Å².